The molecule has 0 unspecified atom stereocenters. The lowest BCUT2D eigenvalue weighted by molar-refractivity contribution is -0.0561. The monoisotopic (exact) mass is 440 g/mol. The minimum absolute atomic E-state index is 0.520. The number of likely N-dealkylation sites (N-methyl/N-ethyl adjacent to an activating group) is 1. The molecule has 0 amide bonds. The van der Waals surface area contributed by atoms with E-state index in [0.29, 0.717) is 29.2 Å². The third-order valence-electron chi connectivity index (χ3n) is 5.91. The van der Waals surface area contributed by atoms with E-state index in [0.717, 1.165) is 49.7 Å². The van der Waals surface area contributed by atoms with Crippen molar-refractivity contribution in [2.45, 2.75) is 37.8 Å². The van der Waals surface area contributed by atoms with Gasteiger partial charge >= 0.3 is 0 Å². The van der Waals surface area contributed by atoms with Gasteiger partial charge in [0.15, 0.2) is 0 Å². The molecule has 2 fully saturated rings. The van der Waals surface area contributed by atoms with Crippen LogP contribution in [0.4, 0.5) is 17.1 Å². The summed E-state index contributed by atoms with van der Waals surface area (Å²) in [4.78, 5) is 4.20. The Hall–Kier alpha value is -2.53. The largest absolute Gasteiger partial charge is 0.378 e. The molecule has 1 aromatic carbocycles. The van der Waals surface area contributed by atoms with Gasteiger partial charge in [-0.2, -0.15) is 5.10 Å². The van der Waals surface area contributed by atoms with Gasteiger partial charge < -0.3 is 20.4 Å². The molecular formula is C23H29ClN6O. The van der Waals surface area contributed by atoms with Crippen LogP contribution in [0.2, 0.25) is 5.02 Å². The van der Waals surface area contributed by atoms with Crippen molar-refractivity contribution in [3.8, 4) is 12.5 Å². The topological polar surface area (TPSA) is 69.4 Å². The van der Waals surface area contributed by atoms with Crippen molar-refractivity contribution in [1.82, 2.24) is 14.7 Å². The van der Waals surface area contributed by atoms with E-state index < -0.39 is 0 Å². The molecular weight excluding hydrogens is 412 g/mol. The third kappa shape index (κ3) is 5.21. The van der Waals surface area contributed by atoms with Crippen LogP contribution in [-0.4, -0.2) is 60.3 Å². The molecule has 1 aliphatic carbocycles. The second-order valence-corrected chi connectivity index (χ2v) is 8.67. The molecule has 2 aliphatic rings. The fraction of sp³-hybridized carbons (Fsp3) is 0.478. The molecule has 8 heteroatoms. The summed E-state index contributed by atoms with van der Waals surface area (Å²) in [5.41, 5.74) is 3.15. The predicted molar refractivity (Wildman–Crippen MR) is 126 cm³/mol. The Kier molecular flexibility index (Phi) is 6.81. The van der Waals surface area contributed by atoms with E-state index in [1.165, 1.54) is 19.1 Å². The maximum absolute atomic E-state index is 7.77. The van der Waals surface area contributed by atoms with Gasteiger partial charge in [0, 0.05) is 36.3 Å². The summed E-state index contributed by atoms with van der Waals surface area (Å²) in [6, 6.07) is 7.54. The van der Waals surface area contributed by atoms with Crippen molar-refractivity contribution in [1.29, 1.82) is 5.41 Å². The maximum Gasteiger partial charge on any atom is 0.0770 e. The van der Waals surface area contributed by atoms with Crippen molar-refractivity contribution in [2.75, 3.05) is 43.6 Å². The van der Waals surface area contributed by atoms with Crippen molar-refractivity contribution in [2.24, 2.45) is 0 Å². The van der Waals surface area contributed by atoms with E-state index in [-0.39, 0.29) is 0 Å². The first-order valence-corrected chi connectivity index (χ1v) is 11.1. The van der Waals surface area contributed by atoms with Gasteiger partial charge in [-0.3, -0.25) is 9.58 Å². The lowest BCUT2D eigenvalue weighted by atomic mass is 10.1. The fourth-order valence-corrected chi connectivity index (χ4v) is 3.93. The van der Waals surface area contributed by atoms with Crippen LogP contribution in [0.5, 0.6) is 0 Å². The zero-order valence-corrected chi connectivity index (χ0v) is 18.6. The van der Waals surface area contributed by atoms with Gasteiger partial charge in [0.1, 0.15) is 0 Å². The number of rotatable bonds is 11. The molecule has 1 saturated carbocycles. The van der Waals surface area contributed by atoms with Gasteiger partial charge in [-0.1, -0.05) is 18.0 Å². The number of unbranched alkanes of at least 4 members (excludes halogenated alkanes) is 1. The summed E-state index contributed by atoms with van der Waals surface area (Å²) >= 11 is 6.53. The van der Waals surface area contributed by atoms with E-state index in [4.69, 9.17) is 28.2 Å². The van der Waals surface area contributed by atoms with Crippen LogP contribution in [0, 0.1) is 17.9 Å². The Labute approximate surface area is 188 Å². The number of ether oxygens (including phenoxy) is 1. The minimum Gasteiger partial charge on any atom is -0.378 e. The van der Waals surface area contributed by atoms with Crippen molar-refractivity contribution in [3.05, 3.63) is 35.1 Å². The molecule has 1 aromatic heterocycles. The highest BCUT2D eigenvalue weighted by atomic mass is 35.5. The van der Waals surface area contributed by atoms with Crippen LogP contribution < -0.4 is 10.2 Å². The van der Waals surface area contributed by atoms with E-state index in [1.807, 2.05) is 28.0 Å². The summed E-state index contributed by atoms with van der Waals surface area (Å²) in [6.45, 7) is 3.40. The minimum atomic E-state index is 0.520. The number of hydrogen-bond donors (Lipinski definition) is 2. The molecule has 31 heavy (non-hydrogen) atoms. The Morgan fingerprint density at radius 1 is 1.35 bits per heavy atom. The van der Waals surface area contributed by atoms with Gasteiger partial charge in [-0.15, -0.1) is 0 Å². The van der Waals surface area contributed by atoms with Crippen LogP contribution in [0.1, 0.15) is 37.3 Å². The van der Waals surface area contributed by atoms with Crippen molar-refractivity contribution < 1.29 is 4.74 Å². The lowest BCUT2D eigenvalue weighted by Gasteiger charge is -2.34. The Balaban J connectivity index is 1.41. The molecule has 164 valence electrons. The molecule has 1 aliphatic heterocycles. The molecule has 0 atom stereocenters. The molecule has 0 radical (unpaired) electrons. The van der Waals surface area contributed by atoms with Crippen LogP contribution >= 0.6 is 11.6 Å². The van der Waals surface area contributed by atoms with Crippen LogP contribution in [-0.2, 0) is 4.74 Å². The van der Waals surface area contributed by atoms with E-state index in [1.54, 1.807) is 6.07 Å². The number of terminal acetylenes is 1. The van der Waals surface area contributed by atoms with Crippen LogP contribution in [0.25, 0.3) is 0 Å². The average Bonchev–Trinajstić information content (AvgIpc) is 3.47. The molecule has 7 nitrogen and oxygen atoms in total. The SMILES string of the molecule is C#CN(CCCCN(C)C1COC1)c1cc(Nc2cnn(C3CC3)c2)c(C=N)cc1Cl. The van der Waals surface area contributed by atoms with Gasteiger partial charge in [-0.25, -0.2) is 0 Å². The number of benzene rings is 1. The van der Waals surface area contributed by atoms with Crippen LogP contribution in [0.3, 0.4) is 0 Å². The summed E-state index contributed by atoms with van der Waals surface area (Å²) in [5, 5.41) is 16.1. The number of aromatic nitrogens is 2. The highest BCUT2D eigenvalue weighted by Crippen LogP contribution is 2.36. The number of hydrogen-bond acceptors (Lipinski definition) is 6. The number of nitrogens with zero attached hydrogens (tertiary/aromatic N) is 4. The molecule has 0 spiro atoms. The molecule has 1 saturated heterocycles. The van der Waals surface area contributed by atoms with E-state index in [9.17, 15) is 0 Å². The predicted octanol–water partition coefficient (Wildman–Crippen LogP) is 4.12. The maximum atomic E-state index is 7.77. The zero-order chi connectivity index (χ0) is 21.8. The lowest BCUT2D eigenvalue weighted by Crippen LogP contribution is -2.47. The first-order chi connectivity index (χ1) is 15.1. The Bertz CT molecular complexity index is 959. The van der Waals surface area contributed by atoms with Crippen LogP contribution in [0.15, 0.2) is 24.5 Å². The molecule has 2 aromatic rings. The van der Waals surface area contributed by atoms with Gasteiger partial charge in [0.05, 0.1) is 47.9 Å². The number of anilines is 3. The normalized spacial score (nSPS) is 16.1. The fourth-order valence-electron chi connectivity index (χ4n) is 3.65. The highest BCUT2D eigenvalue weighted by Gasteiger charge is 2.24. The quantitative estimate of drug-likeness (QED) is 0.238. The second-order valence-electron chi connectivity index (χ2n) is 8.26. The van der Waals surface area contributed by atoms with E-state index in [2.05, 4.69) is 28.4 Å². The molecule has 2 N–H and O–H groups in total. The van der Waals surface area contributed by atoms with Gasteiger partial charge in [0.2, 0.25) is 0 Å². The first kappa shape index (κ1) is 21.7. The zero-order valence-electron chi connectivity index (χ0n) is 17.9. The Morgan fingerprint density at radius 2 is 2.13 bits per heavy atom. The summed E-state index contributed by atoms with van der Waals surface area (Å²) in [7, 11) is 2.14. The second kappa shape index (κ2) is 9.73. The van der Waals surface area contributed by atoms with Crippen molar-refractivity contribution >= 4 is 34.9 Å². The smallest absolute Gasteiger partial charge is 0.0770 e. The number of halogens is 1. The summed E-state index contributed by atoms with van der Waals surface area (Å²) in [6.07, 6.45) is 15.3. The molecule has 4 rings (SSSR count). The third-order valence-corrected chi connectivity index (χ3v) is 6.21. The molecule has 0 bridgehead atoms. The average molecular weight is 441 g/mol. The molecule has 2 heterocycles. The number of nitrogens with one attached hydrogen (secondary N) is 2. The first-order valence-electron chi connectivity index (χ1n) is 10.8. The summed E-state index contributed by atoms with van der Waals surface area (Å²) < 4.78 is 7.25. The standard InChI is InChI=1S/C23H29ClN6O/c1-3-29(9-5-4-8-28(2)20-15-31-16-20)23-11-22(17(12-25)10-21(23)24)27-18-13-26-30(14-18)19-6-7-19/h1,10-14,19-20,25,27H,4-9,15-16H2,2H3. The summed E-state index contributed by atoms with van der Waals surface area (Å²) in [5.74, 6) is 0. The van der Waals surface area contributed by atoms with E-state index >= 15 is 0 Å². The van der Waals surface area contributed by atoms with Crippen molar-refractivity contribution in [3.63, 3.8) is 0 Å². The van der Waals surface area contributed by atoms with Gasteiger partial charge in [-0.05, 0) is 51.4 Å². The Morgan fingerprint density at radius 3 is 2.77 bits per heavy atom. The van der Waals surface area contributed by atoms with Gasteiger partial charge in [0.25, 0.3) is 0 Å². The highest BCUT2D eigenvalue weighted by molar-refractivity contribution is 6.33.